The Bertz CT molecular complexity index is 131. The average Bonchev–Trinajstić information content (AvgIpc) is 2.05. The quantitative estimate of drug-likeness (QED) is 0.647. The van der Waals surface area contributed by atoms with Crippen LogP contribution >= 0.6 is 0 Å². The van der Waals surface area contributed by atoms with E-state index in [9.17, 15) is 9.50 Å². The number of piperidine rings is 1. The molecule has 0 aromatic rings. The third-order valence-corrected chi connectivity index (χ3v) is 2.33. The summed E-state index contributed by atoms with van der Waals surface area (Å²) in [5.74, 6) is 0. The minimum atomic E-state index is -1.05. The average molecular weight is 161 g/mol. The lowest BCUT2D eigenvalue weighted by Crippen LogP contribution is -2.49. The molecule has 0 saturated carbocycles. The molecule has 1 atom stereocenters. The Morgan fingerprint density at radius 3 is 2.91 bits per heavy atom. The molecule has 0 bridgehead atoms. The molecule has 0 amide bonds. The number of hydrogen-bond acceptors (Lipinski definition) is 2. The molecule has 1 rings (SSSR count). The van der Waals surface area contributed by atoms with Gasteiger partial charge in [0, 0.05) is 6.54 Å². The Hall–Kier alpha value is -0.150. The van der Waals surface area contributed by atoms with Gasteiger partial charge in [-0.1, -0.05) is 6.92 Å². The van der Waals surface area contributed by atoms with E-state index in [1.165, 1.54) is 0 Å². The number of aliphatic hydroxyl groups is 1. The van der Waals surface area contributed by atoms with Gasteiger partial charge in [0.15, 0.2) is 0 Å². The fourth-order valence-electron chi connectivity index (χ4n) is 1.59. The van der Waals surface area contributed by atoms with Crippen molar-refractivity contribution in [2.24, 2.45) is 0 Å². The van der Waals surface area contributed by atoms with Gasteiger partial charge in [-0.25, -0.2) is 4.39 Å². The molecule has 0 aliphatic carbocycles. The van der Waals surface area contributed by atoms with E-state index in [2.05, 4.69) is 4.90 Å². The number of rotatable bonds is 2. The van der Waals surface area contributed by atoms with Crippen molar-refractivity contribution >= 4 is 0 Å². The largest absolute Gasteiger partial charge is 0.386 e. The van der Waals surface area contributed by atoms with Crippen molar-refractivity contribution in [1.29, 1.82) is 0 Å². The summed E-state index contributed by atoms with van der Waals surface area (Å²) in [5, 5.41) is 9.56. The van der Waals surface area contributed by atoms with Crippen LogP contribution in [0.4, 0.5) is 4.39 Å². The van der Waals surface area contributed by atoms with E-state index in [-0.39, 0.29) is 0 Å². The maximum atomic E-state index is 12.3. The highest BCUT2D eigenvalue weighted by Gasteiger charge is 2.32. The smallest absolute Gasteiger partial charge is 0.119 e. The van der Waals surface area contributed by atoms with E-state index in [1.807, 2.05) is 6.92 Å². The van der Waals surface area contributed by atoms with Crippen LogP contribution in [0.1, 0.15) is 19.8 Å². The summed E-state index contributed by atoms with van der Waals surface area (Å²) in [4.78, 5) is 2.09. The molecule has 0 aromatic heterocycles. The van der Waals surface area contributed by atoms with Gasteiger partial charge in [0.25, 0.3) is 0 Å². The van der Waals surface area contributed by atoms with E-state index in [4.69, 9.17) is 0 Å². The molecule has 0 spiro atoms. The Labute approximate surface area is 67.0 Å². The van der Waals surface area contributed by atoms with Crippen molar-refractivity contribution < 1.29 is 9.50 Å². The summed E-state index contributed by atoms with van der Waals surface area (Å²) >= 11 is 0. The normalized spacial score (nSPS) is 34.1. The standard InChI is InChI=1S/C8H16FNO/c1-2-10-5-3-4-8(11,6-9)7-10/h11H,2-7H2,1H3. The Balaban J connectivity index is 2.44. The van der Waals surface area contributed by atoms with Gasteiger partial charge in [-0.15, -0.1) is 0 Å². The fourth-order valence-corrected chi connectivity index (χ4v) is 1.59. The van der Waals surface area contributed by atoms with Crippen LogP contribution in [-0.2, 0) is 0 Å². The number of nitrogens with zero attached hydrogens (tertiary/aromatic N) is 1. The third kappa shape index (κ3) is 2.14. The molecule has 1 heterocycles. The number of alkyl halides is 1. The molecular formula is C8H16FNO. The monoisotopic (exact) mass is 161 g/mol. The first kappa shape index (κ1) is 8.94. The topological polar surface area (TPSA) is 23.5 Å². The van der Waals surface area contributed by atoms with Crippen molar-refractivity contribution in [2.75, 3.05) is 26.3 Å². The molecule has 1 aliphatic heterocycles. The highest BCUT2D eigenvalue weighted by Crippen LogP contribution is 2.20. The molecule has 0 aromatic carbocycles. The SMILES string of the molecule is CCN1CCCC(O)(CF)C1. The number of likely N-dealkylation sites (N-methyl/N-ethyl adjacent to an activating group) is 1. The van der Waals surface area contributed by atoms with Crippen LogP contribution in [0.25, 0.3) is 0 Å². The maximum Gasteiger partial charge on any atom is 0.119 e. The van der Waals surface area contributed by atoms with Crippen molar-refractivity contribution in [1.82, 2.24) is 4.90 Å². The van der Waals surface area contributed by atoms with Crippen LogP contribution in [-0.4, -0.2) is 41.9 Å². The Morgan fingerprint density at radius 1 is 1.64 bits per heavy atom. The van der Waals surface area contributed by atoms with Crippen LogP contribution in [0.15, 0.2) is 0 Å². The molecule has 66 valence electrons. The fraction of sp³-hybridized carbons (Fsp3) is 1.00. The number of halogens is 1. The lowest BCUT2D eigenvalue weighted by molar-refractivity contribution is -0.0454. The predicted octanol–water partition coefficient (Wildman–Crippen LogP) is 0.803. The van der Waals surface area contributed by atoms with E-state index >= 15 is 0 Å². The van der Waals surface area contributed by atoms with E-state index in [0.29, 0.717) is 13.0 Å². The molecule has 3 heteroatoms. The second kappa shape index (κ2) is 3.50. The molecule has 2 nitrogen and oxygen atoms in total. The summed E-state index contributed by atoms with van der Waals surface area (Å²) < 4.78 is 12.3. The lowest BCUT2D eigenvalue weighted by Gasteiger charge is -2.36. The van der Waals surface area contributed by atoms with Gasteiger partial charge in [-0.2, -0.15) is 0 Å². The summed E-state index contributed by atoms with van der Waals surface area (Å²) in [6.07, 6.45) is 1.52. The first-order valence-corrected chi connectivity index (χ1v) is 4.21. The number of likely N-dealkylation sites (tertiary alicyclic amines) is 1. The minimum Gasteiger partial charge on any atom is -0.386 e. The van der Waals surface area contributed by atoms with Gasteiger partial charge in [0.2, 0.25) is 0 Å². The van der Waals surface area contributed by atoms with Gasteiger partial charge >= 0.3 is 0 Å². The number of hydrogen-bond donors (Lipinski definition) is 1. The van der Waals surface area contributed by atoms with Gasteiger partial charge in [0.05, 0.1) is 0 Å². The van der Waals surface area contributed by atoms with Gasteiger partial charge in [-0.05, 0) is 25.9 Å². The zero-order chi connectivity index (χ0) is 8.32. The molecule has 1 aliphatic rings. The van der Waals surface area contributed by atoms with Crippen molar-refractivity contribution in [3.8, 4) is 0 Å². The zero-order valence-electron chi connectivity index (χ0n) is 7.02. The van der Waals surface area contributed by atoms with Gasteiger partial charge in [0.1, 0.15) is 12.3 Å². The summed E-state index contributed by atoms with van der Waals surface area (Å²) in [5.41, 5.74) is -1.05. The summed E-state index contributed by atoms with van der Waals surface area (Å²) in [6.45, 7) is 3.83. The molecular weight excluding hydrogens is 145 g/mol. The van der Waals surface area contributed by atoms with E-state index in [1.54, 1.807) is 0 Å². The van der Waals surface area contributed by atoms with Crippen LogP contribution in [0.2, 0.25) is 0 Å². The molecule has 1 fully saturated rings. The first-order valence-electron chi connectivity index (χ1n) is 4.21. The van der Waals surface area contributed by atoms with Crippen LogP contribution in [0.3, 0.4) is 0 Å². The molecule has 1 saturated heterocycles. The van der Waals surface area contributed by atoms with E-state index in [0.717, 1.165) is 19.5 Å². The molecule has 0 radical (unpaired) electrons. The van der Waals surface area contributed by atoms with Crippen LogP contribution in [0.5, 0.6) is 0 Å². The predicted molar refractivity (Wildman–Crippen MR) is 42.3 cm³/mol. The first-order chi connectivity index (χ1) is 5.20. The Kier molecular flexibility index (Phi) is 2.84. The number of β-amino-alcohol motifs (C(OH)–C–C–N with tert-alkyl or cyclic N) is 1. The van der Waals surface area contributed by atoms with Crippen LogP contribution in [0, 0.1) is 0 Å². The second-order valence-corrected chi connectivity index (χ2v) is 3.33. The van der Waals surface area contributed by atoms with Gasteiger partial charge in [-0.3, -0.25) is 0 Å². The minimum absolute atomic E-state index is 0.500. The maximum absolute atomic E-state index is 12.3. The third-order valence-electron chi connectivity index (χ3n) is 2.33. The van der Waals surface area contributed by atoms with E-state index < -0.39 is 12.3 Å². The van der Waals surface area contributed by atoms with Crippen LogP contribution < -0.4 is 0 Å². The molecule has 11 heavy (non-hydrogen) atoms. The summed E-state index contributed by atoms with van der Waals surface area (Å²) in [6, 6.07) is 0. The van der Waals surface area contributed by atoms with Crippen molar-refractivity contribution in [3.05, 3.63) is 0 Å². The zero-order valence-corrected chi connectivity index (χ0v) is 7.02. The summed E-state index contributed by atoms with van der Waals surface area (Å²) in [7, 11) is 0. The van der Waals surface area contributed by atoms with Gasteiger partial charge < -0.3 is 10.0 Å². The van der Waals surface area contributed by atoms with Crippen molar-refractivity contribution in [3.63, 3.8) is 0 Å². The highest BCUT2D eigenvalue weighted by molar-refractivity contribution is 4.85. The second-order valence-electron chi connectivity index (χ2n) is 3.33. The molecule has 1 N–H and O–H groups in total. The van der Waals surface area contributed by atoms with Crippen molar-refractivity contribution in [2.45, 2.75) is 25.4 Å². The molecule has 1 unspecified atom stereocenters. The Morgan fingerprint density at radius 2 is 2.36 bits per heavy atom. The highest BCUT2D eigenvalue weighted by atomic mass is 19.1. The lowest BCUT2D eigenvalue weighted by atomic mass is 9.94.